The molecule has 0 aliphatic carbocycles. The number of nitrogens with zero attached hydrogens (tertiary/aromatic N) is 2. The van der Waals surface area contributed by atoms with Crippen LogP contribution in [-0.4, -0.2) is 53.6 Å². The second-order valence-corrected chi connectivity index (χ2v) is 8.48. The molecule has 1 aromatic rings. The predicted molar refractivity (Wildman–Crippen MR) is 152 cm³/mol. The highest BCUT2D eigenvalue weighted by atomic mass is 19.1. The lowest BCUT2D eigenvalue weighted by atomic mass is 10.1. The molecule has 9 nitrogen and oxygen atoms in total. The molecule has 0 saturated carbocycles. The zero-order valence-electron chi connectivity index (χ0n) is 23.6. The molecule has 1 amide bonds. The van der Waals surface area contributed by atoms with E-state index in [1.165, 1.54) is 23.2 Å². The van der Waals surface area contributed by atoms with Crippen LogP contribution in [0.25, 0.3) is 0 Å². The van der Waals surface area contributed by atoms with E-state index in [4.69, 9.17) is 5.11 Å². The monoisotopic (exact) mass is 559 g/mol. The van der Waals surface area contributed by atoms with Gasteiger partial charge in [0.05, 0.1) is 12.5 Å². The highest BCUT2D eigenvalue weighted by molar-refractivity contribution is 6.35. The molecule has 0 bridgehead atoms. The minimum Gasteiger partial charge on any atom is -0.481 e. The fourth-order valence-corrected chi connectivity index (χ4v) is 3.48. The molecule has 1 aromatic carbocycles. The molecule has 2 heterocycles. The van der Waals surface area contributed by atoms with E-state index in [0.717, 1.165) is 12.1 Å². The third-order valence-corrected chi connectivity index (χ3v) is 5.45. The summed E-state index contributed by atoms with van der Waals surface area (Å²) in [6.45, 7) is 8.08. The fourth-order valence-electron chi connectivity index (χ4n) is 3.48. The Kier molecular flexibility index (Phi) is 15.6. The number of hydrogen-bond acceptors (Lipinski definition) is 7. The van der Waals surface area contributed by atoms with Gasteiger partial charge in [-0.2, -0.15) is 0 Å². The number of aliphatic carboxylic acids is 1. The van der Waals surface area contributed by atoms with Crippen LogP contribution < -0.4 is 16.1 Å². The normalized spacial score (nSPS) is 15.7. The van der Waals surface area contributed by atoms with Gasteiger partial charge >= 0.3 is 5.97 Å². The maximum atomic E-state index is 13.8. The first-order chi connectivity index (χ1) is 19.2. The van der Waals surface area contributed by atoms with Crippen LogP contribution in [-0.2, 0) is 20.9 Å². The number of aldehydes is 1. The Labute approximate surface area is 234 Å². The van der Waals surface area contributed by atoms with E-state index in [0.29, 0.717) is 19.1 Å². The van der Waals surface area contributed by atoms with Gasteiger partial charge in [0, 0.05) is 12.6 Å². The zero-order valence-corrected chi connectivity index (χ0v) is 23.6. The van der Waals surface area contributed by atoms with Crippen LogP contribution in [0.5, 0.6) is 0 Å². The lowest BCUT2D eigenvalue weighted by Crippen LogP contribution is -2.43. The van der Waals surface area contributed by atoms with E-state index >= 15 is 0 Å². The lowest BCUT2D eigenvalue weighted by Gasteiger charge is -2.26. The molecule has 2 atom stereocenters. The predicted octanol–water partition coefficient (Wildman–Crippen LogP) is 4.17. The summed E-state index contributed by atoms with van der Waals surface area (Å²) in [6.07, 6.45) is 9.82. The summed E-state index contributed by atoms with van der Waals surface area (Å²) in [5.74, 6) is -2.80. The minimum atomic E-state index is -0.902. The van der Waals surface area contributed by atoms with E-state index in [2.05, 4.69) is 21.1 Å². The number of carbonyl (C=O) groups excluding carboxylic acids is 2. The topological polar surface area (TPSA) is 123 Å². The molecule has 0 radical (unpaired) electrons. The smallest absolute Gasteiger partial charge is 0.310 e. The number of carbonyl (C=O) groups is 3. The van der Waals surface area contributed by atoms with Gasteiger partial charge in [0.25, 0.3) is 5.91 Å². The Morgan fingerprint density at radius 2 is 1.88 bits per heavy atom. The minimum absolute atomic E-state index is 0.0385. The molecule has 0 saturated heterocycles. The summed E-state index contributed by atoms with van der Waals surface area (Å²) in [5, 5.41) is 15.9. The maximum absolute atomic E-state index is 13.8. The summed E-state index contributed by atoms with van der Waals surface area (Å²) in [4.78, 5) is 38.5. The SMILES string of the molecule is C/C=C/C(CC/C=C/C(C)C(=O)O)NC(=O)C1=CC(C=O)=NC2=C(F)CNN12.CC.CNCc1ccc(F)cc1. The third kappa shape index (κ3) is 11.0. The molecule has 0 fully saturated rings. The van der Waals surface area contributed by atoms with Crippen molar-refractivity contribution in [2.75, 3.05) is 13.6 Å². The Bertz CT molecular complexity index is 1140. The number of rotatable bonds is 11. The van der Waals surface area contributed by atoms with Crippen LogP contribution in [0, 0.1) is 11.7 Å². The van der Waals surface area contributed by atoms with E-state index in [9.17, 15) is 23.2 Å². The lowest BCUT2D eigenvalue weighted by molar-refractivity contribution is -0.139. The number of aliphatic imine (C=N–C) groups is 1. The number of hydrazine groups is 1. The molecule has 218 valence electrons. The van der Waals surface area contributed by atoms with Crippen molar-refractivity contribution in [3.05, 3.63) is 83.4 Å². The number of allylic oxidation sites excluding steroid dienone is 3. The third-order valence-electron chi connectivity index (χ3n) is 5.45. The summed E-state index contributed by atoms with van der Waals surface area (Å²) in [7, 11) is 1.86. The summed E-state index contributed by atoms with van der Waals surface area (Å²) in [5.41, 5.74) is 3.85. The fraction of sp³-hybridized carbons (Fsp3) is 0.379. The van der Waals surface area contributed by atoms with Gasteiger partial charge in [0.15, 0.2) is 17.9 Å². The van der Waals surface area contributed by atoms with Crippen LogP contribution >= 0.6 is 0 Å². The first kappa shape index (κ1) is 34.1. The van der Waals surface area contributed by atoms with Crippen LogP contribution in [0.2, 0.25) is 0 Å². The molecular weight excluding hydrogens is 520 g/mol. The average Bonchev–Trinajstić information content (AvgIpc) is 3.33. The number of carboxylic acids is 1. The van der Waals surface area contributed by atoms with Crippen molar-refractivity contribution in [1.82, 2.24) is 21.1 Å². The summed E-state index contributed by atoms with van der Waals surface area (Å²) in [6, 6.07) is 6.15. The molecule has 0 spiro atoms. The van der Waals surface area contributed by atoms with Gasteiger partial charge in [-0.15, -0.1) is 0 Å². The van der Waals surface area contributed by atoms with Gasteiger partial charge in [-0.3, -0.25) is 19.4 Å². The molecule has 40 heavy (non-hydrogen) atoms. The Balaban J connectivity index is 0.000000555. The van der Waals surface area contributed by atoms with Crippen LogP contribution in [0.1, 0.15) is 46.1 Å². The van der Waals surface area contributed by atoms with Crippen molar-refractivity contribution in [3.63, 3.8) is 0 Å². The number of hydrogen-bond donors (Lipinski definition) is 4. The van der Waals surface area contributed by atoms with Gasteiger partial charge in [0.1, 0.15) is 17.2 Å². The van der Waals surface area contributed by atoms with Crippen molar-refractivity contribution >= 4 is 23.9 Å². The number of halogens is 2. The second-order valence-electron chi connectivity index (χ2n) is 8.48. The van der Waals surface area contributed by atoms with Crippen LogP contribution in [0.15, 0.2) is 77.0 Å². The summed E-state index contributed by atoms with van der Waals surface area (Å²) >= 11 is 0. The molecule has 2 unspecified atom stereocenters. The van der Waals surface area contributed by atoms with Gasteiger partial charge in [-0.1, -0.05) is 50.3 Å². The van der Waals surface area contributed by atoms with E-state index < -0.39 is 23.6 Å². The van der Waals surface area contributed by atoms with Crippen molar-refractivity contribution < 1.29 is 28.3 Å². The van der Waals surface area contributed by atoms with Crippen molar-refractivity contribution in [1.29, 1.82) is 0 Å². The van der Waals surface area contributed by atoms with Crippen molar-refractivity contribution in [2.45, 2.75) is 53.1 Å². The molecule has 3 rings (SSSR count). The Morgan fingerprint density at radius 3 is 2.45 bits per heavy atom. The largest absolute Gasteiger partial charge is 0.481 e. The maximum Gasteiger partial charge on any atom is 0.310 e. The molecule has 2 aliphatic rings. The van der Waals surface area contributed by atoms with Gasteiger partial charge in [-0.05, 0) is 57.5 Å². The quantitative estimate of drug-likeness (QED) is 0.237. The number of amides is 1. The first-order valence-corrected chi connectivity index (χ1v) is 13.1. The molecule has 2 aliphatic heterocycles. The zero-order chi connectivity index (χ0) is 30.1. The number of carboxylic acid groups (broad SMARTS) is 1. The number of fused-ring (bicyclic) bond motifs is 1. The van der Waals surface area contributed by atoms with Gasteiger partial charge < -0.3 is 15.7 Å². The second kappa shape index (κ2) is 18.3. The van der Waals surface area contributed by atoms with Crippen LogP contribution in [0.4, 0.5) is 8.78 Å². The van der Waals surface area contributed by atoms with E-state index in [-0.39, 0.29) is 35.6 Å². The summed E-state index contributed by atoms with van der Waals surface area (Å²) < 4.78 is 26.2. The Morgan fingerprint density at radius 1 is 1.20 bits per heavy atom. The number of benzene rings is 1. The van der Waals surface area contributed by atoms with Gasteiger partial charge in [0.2, 0.25) is 0 Å². The van der Waals surface area contributed by atoms with E-state index in [1.807, 2.05) is 27.8 Å². The van der Waals surface area contributed by atoms with Crippen LogP contribution in [0.3, 0.4) is 0 Å². The molecular formula is C29H39F2N5O4. The molecule has 0 aromatic heterocycles. The van der Waals surface area contributed by atoms with Gasteiger partial charge in [-0.25, -0.2) is 19.2 Å². The van der Waals surface area contributed by atoms with Crippen molar-refractivity contribution in [2.24, 2.45) is 10.9 Å². The number of nitrogens with one attached hydrogen (secondary N) is 3. The molecule has 11 heteroatoms. The standard InChI is InChI=1S/C19H23FN4O4.C8H10FN.C2H6/c1-3-6-13(8-5-4-7-12(2)19(27)28)23-18(26)16-9-14(11-25)22-17-15(20)10-21-24(16)17;1-10-6-7-2-4-8(9)5-3-7;1-2/h3-4,6-7,9,11-13,21H,5,8,10H2,1-2H3,(H,23,26)(H,27,28);2-5,10H,6H2,1H3;1-2H3/b6-3+,7-4+;;. The molecule has 4 N–H and O–H groups in total. The Hall–Kier alpha value is -3.96. The average molecular weight is 560 g/mol. The highest BCUT2D eigenvalue weighted by Gasteiger charge is 2.32. The van der Waals surface area contributed by atoms with E-state index in [1.54, 1.807) is 43.4 Å². The highest BCUT2D eigenvalue weighted by Crippen LogP contribution is 2.25. The van der Waals surface area contributed by atoms with Crippen molar-refractivity contribution in [3.8, 4) is 0 Å². The first-order valence-electron chi connectivity index (χ1n) is 13.1.